The van der Waals surface area contributed by atoms with Crippen LogP contribution in [0.25, 0.3) is 0 Å². The van der Waals surface area contributed by atoms with E-state index in [0.29, 0.717) is 32.8 Å². The maximum atomic E-state index is 12.7. The summed E-state index contributed by atoms with van der Waals surface area (Å²) in [7, 11) is 3.03. The normalized spacial score (nSPS) is 17.5. The van der Waals surface area contributed by atoms with Crippen molar-refractivity contribution in [2.24, 2.45) is 10.2 Å². The van der Waals surface area contributed by atoms with Crippen molar-refractivity contribution in [2.75, 3.05) is 19.5 Å². The Morgan fingerprint density at radius 2 is 1.97 bits per heavy atom. The van der Waals surface area contributed by atoms with E-state index < -0.39 is 5.25 Å². The fourth-order valence-corrected chi connectivity index (χ4v) is 4.02. The van der Waals surface area contributed by atoms with Crippen LogP contribution >= 0.6 is 35.0 Å². The van der Waals surface area contributed by atoms with E-state index >= 15 is 0 Å². The first-order valence-electron chi connectivity index (χ1n) is 8.95. The highest BCUT2D eigenvalue weighted by Gasteiger charge is 2.30. The molecule has 1 saturated heterocycles. The van der Waals surface area contributed by atoms with E-state index in [9.17, 15) is 9.59 Å². The minimum absolute atomic E-state index is 0.00946. The van der Waals surface area contributed by atoms with Crippen LogP contribution in [0.15, 0.2) is 46.6 Å². The first-order chi connectivity index (χ1) is 14.9. The monoisotopic (exact) mass is 480 g/mol. The summed E-state index contributed by atoms with van der Waals surface area (Å²) in [5, 5.41) is 13.8. The van der Waals surface area contributed by atoms with Gasteiger partial charge in [0.1, 0.15) is 5.25 Å². The number of hydrogen-bond donors (Lipinski definition) is 2. The van der Waals surface area contributed by atoms with Crippen molar-refractivity contribution < 1.29 is 19.1 Å². The predicted molar refractivity (Wildman–Crippen MR) is 124 cm³/mol. The molecule has 0 bridgehead atoms. The summed E-state index contributed by atoms with van der Waals surface area (Å²) >= 11 is 13.1. The van der Waals surface area contributed by atoms with Crippen molar-refractivity contribution >= 4 is 63.8 Å². The van der Waals surface area contributed by atoms with E-state index in [2.05, 4.69) is 20.8 Å². The number of anilines is 1. The summed E-state index contributed by atoms with van der Waals surface area (Å²) < 4.78 is 10.4. The molecular formula is C20H18Cl2N4O4S. The molecule has 1 fully saturated rings. The summed E-state index contributed by atoms with van der Waals surface area (Å²) in [5.41, 5.74) is 1.13. The molecule has 8 nitrogen and oxygen atoms in total. The van der Waals surface area contributed by atoms with Crippen LogP contribution in [-0.2, 0) is 9.59 Å². The number of carbonyl (C=O) groups excluding carboxylic acids is 2. The molecule has 2 aromatic rings. The second-order valence-electron chi connectivity index (χ2n) is 6.23. The molecule has 1 heterocycles. The van der Waals surface area contributed by atoms with Crippen LogP contribution < -0.4 is 20.1 Å². The summed E-state index contributed by atoms with van der Waals surface area (Å²) in [6.07, 6.45) is 1.45. The Bertz CT molecular complexity index is 1060. The van der Waals surface area contributed by atoms with E-state index in [-0.39, 0.29) is 23.4 Å². The second kappa shape index (κ2) is 10.5. The third kappa shape index (κ3) is 6.13. The number of amidine groups is 1. The molecule has 0 radical (unpaired) electrons. The van der Waals surface area contributed by atoms with Crippen molar-refractivity contribution in [3.63, 3.8) is 0 Å². The van der Waals surface area contributed by atoms with E-state index in [1.807, 2.05) is 0 Å². The SMILES string of the molecule is COc1ccc(NC(=O)[C@H]2CC(=O)NC(=N/N=C\c3ccc(Cl)cc3Cl)S2)cc1OC. The maximum absolute atomic E-state index is 12.7. The number of rotatable bonds is 6. The molecule has 0 aromatic heterocycles. The van der Waals surface area contributed by atoms with Gasteiger partial charge in [0.25, 0.3) is 0 Å². The number of benzene rings is 2. The Kier molecular flexibility index (Phi) is 7.78. The number of nitrogens with zero attached hydrogens (tertiary/aromatic N) is 2. The number of thioether (sulfide) groups is 1. The molecule has 0 unspecified atom stereocenters. The van der Waals surface area contributed by atoms with Gasteiger partial charge in [0.05, 0.1) is 25.5 Å². The van der Waals surface area contributed by atoms with Gasteiger partial charge in [0, 0.05) is 28.8 Å². The lowest BCUT2D eigenvalue weighted by molar-refractivity contribution is -0.123. The molecule has 2 aromatic carbocycles. The molecule has 2 amide bonds. The van der Waals surface area contributed by atoms with Crippen LogP contribution in [0, 0.1) is 0 Å². The Balaban J connectivity index is 1.68. The number of amides is 2. The van der Waals surface area contributed by atoms with Crippen molar-refractivity contribution in [1.82, 2.24) is 5.32 Å². The lowest BCUT2D eigenvalue weighted by Crippen LogP contribution is -2.41. The Hall–Kier alpha value is -2.75. The van der Waals surface area contributed by atoms with Gasteiger partial charge in [-0.15, -0.1) is 5.10 Å². The molecule has 1 atom stereocenters. The quantitative estimate of drug-likeness (QED) is 0.481. The van der Waals surface area contributed by atoms with E-state index in [1.54, 1.807) is 36.4 Å². The number of halogens is 2. The zero-order valence-electron chi connectivity index (χ0n) is 16.5. The van der Waals surface area contributed by atoms with E-state index in [0.717, 1.165) is 11.8 Å². The molecule has 11 heteroatoms. The van der Waals surface area contributed by atoms with Gasteiger partial charge in [0.2, 0.25) is 11.8 Å². The van der Waals surface area contributed by atoms with Crippen LogP contribution in [0.1, 0.15) is 12.0 Å². The Morgan fingerprint density at radius 1 is 1.19 bits per heavy atom. The average Bonchev–Trinajstić information content (AvgIpc) is 2.74. The molecule has 1 aliphatic rings. The summed E-state index contributed by atoms with van der Waals surface area (Å²) in [4.78, 5) is 24.7. The molecule has 2 N–H and O–H groups in total. The number of nitrogens with one attached hydrogen (secondary N) is 2. The topological polar surface area (TPSA) is 101 Å². The average molecular weight is 481 g/mol. The van der Waals surface area contributed by atoms with Gasteiger partial charge < -0.3 is 20.1 Å². The van der Waals surface area contributed by atoms with Crippen LogP contribution in [0.5, 0.6) is 11.5 Å². The zero-order chi connectivity index (χ0) is 22.4. The maximum Gasteiger partial charge on any atom is 0.238 e. The third-order valence-corrected chi connectivity index (χ3v) is 5.76. The third-order valence-electron chi connectivity index (χ3n) is 4.12. The molecule has 0 saturated carbocycles. The molecule has 1 aliphatic heterocycles. The Labute approximate surface area is 193 Å². The Morgan fingerprint density at radius 3 is 2.68 bits per heavy atom. The molecular weight excluding hydrogens is 463 g/mol. The predicted octanol–water partition coefficient (Wildman–Crippen LogP) is 3.96. The second-order valence-corrected chi connectivity index (χ2v) is 8.27. The minimum atomic E-state index is -0.671. The summed E-state index contributed by atoms with van der Waals surface area (Å²) in [6.45, 7) is 0. The van der Waals surface area contributed by atoms with Crippen LogP contribution in [0.4, 0.5) is 5.69 Å². The standard InChI is InChI=1S/C20H18Cl2N4O4S/c1-29-15-6-5-13(8-16(15)30-2)24-19(28)17-9-18(27)25-20(31-17)26-23-10-11-3-4-12(21)7-14(11)22/h3-8,10,17H,9H2,1-2H3,(H,24,28)(H,25,26,27)/b23-10-/t17-/m1/s1. The number of carbonyl (C=O) groups is 2. The highest BCUT2D eigenvalue weighted by atomic mass is 35.5. The highest BCUT2D eigenvalue weighted by Crippen LogP contribution is 2.30. The molecule has 162 valence electrons. The number of methoxy groups -OCH3 is 2. The molecule has 31 heavy (non-hydrogen) atoms. The first-order valence-corrected chi connectivity index (χ1v) is 10.6. The largest absolute Gasteiger partial charge is 0.493 e. The number of hydrogen-bond acceptors (Lipinski definition) is 7. The highest BCUT2D eigenvalue weighted by molar-refractivity contribution is 8.15. The van der Waals surface area contributed by atoms with Gasteiger partial charge in [-0.05, 0) is 24.3 Å². The van der Waals surface area contributed by atoms with Crippen LogP contribution in [0.2, 0.25) is 10.0 Å². The lowest BCUT2D eigenvalue weighted by Gasteiger charge is -2.21. The fourth-order valence-electron chi connectivity index (χ4n) is 2.63. The van der Waals surface area contributed by atoms with Crippen molar-refractivity contribution in [3.05, 3.63) is 52.0 Å². The van der Waals surface area contributed by atoms with Gasteiger partial charge in [-0.3, -0.25) is 9.59 Å². The smallest absolute Gasteiger partial charge is 0.238 e. The van der Waals surface area contributed by atoms with Gasteiger partial charge in [-0.1, -0.05) is 41.0 Å². The van der Waals surface area contributed by atoms with Gasteiger partial charge >= 0.3 is 0 Å². The summed E-state index contributed by atoms with van der Waals surface area (Å²) in [6, 6.07) is 9.96. The van der Waals surface area contributed by atoms with Crippen LogP contribution in [-0.4, -0.2) is 42.7 Å². The fraction of sp³-hybridized carbons (Fsp3) is 0.200. The summed E-state index contributed by atoms with van der Waals surface area (Å²) in [5.74, 6) is 0.348. The molecule has 3 rings (SSSR count). The van der Waals surface area contributed by atoms with E-state index in [1.165, 1.54) is 20.4 Å². The lowest BCUT2D eigenvalue weighted by atomic mass is 10.2. The first kappa shape index (κ1) is 22.9. The van der Waals surface area contributed by atoms with Crippen molar-refractivity contribution in [1.29, 1.82) is 0 Å². The molecule has 0 aliphatic carbocycles. The van der Waals surface area contributed by atoms with Crippen LogP contribution in [0.3, 0.4) is 0 Å². The molecule has 0 spiro atoms. The van der Waals surface area contributed by atoms with Gasteiger partial charge in [-0.2, -0.15) is 5.10 Å². The van der Waals surface area contributed by atoms with E-state index in [4.69, 9.17) is 32.7 Å². The van der Waals surface area contributed by atoms with Gasteiger partial charge in [0.15, 0.2) is 16.7 Å². The zero-order valence-corrected chi connectivity index (χ0v) is 18.8. The van der Waals surface area contributed by atoms with Crippen molar-refractivity contribution in [2.45, 2.75) is 11.7 Å². The van der Waals surface area contributed by atoms with Gasteiger partial charge in [-0.25, -0.2) is 0 Å². The minimum Gasteiger partial charge on any atom is -0.493 e. The number of ether oxygens (including phenoxy) is 2. The van der Waals surface area contributed by atoms with Crippen molar-refractivity contribution in [3.8, 4) is 11.5 Å².